The van der Waals surface area contributed by atoms with E-state index in [0.29, 0.717) is 0 Å². The van der Waals surface area contributed by atoms with Crippen molar-refractivity contribution in [3.63, 3.8) is 0 Å². The predicted molar refractivity (Wildman–Crippen MR) is 390 cm³/mol. The van der Waals surface area contributed by atoms with E-state index in [1.165, 1.54) is 388 Å². The Morgan fingerprint density at radius 1 is 0.231 bits per heavy atom. The van der Waals surface area contributed by atoms with E-state index in [-0.39, 0.29) is 0 Å². The highest BCUT2D eigenvalue weighted by Crippen LogP contribution is 2.52. The SMILES string of the molecule is CN1CC2(CCC2)C1.CN1CC2(CCCC2)C1.CN1CCC2(CCC2)C1.CN1CCC2(CCC2)CC1.CN1CCC2(CCC2)CC1.CN1CCC2(CCCC2)CC1.CN1CCC2(CCCCC2)C1.CN1CCC2(CCNCC2)CC1.C[C@@H]1CN(C)CC2CCCN21. The number of piperazine rings is 1. The fraction of sp³-hybridized carbons (Fsp3) is 1.00. The first-order chi connectivity index (χ1) is 43.7. The van der Waals surface area contributed by atoms with Crippen LogP contribution in [0.4, 0.5) is 0 Å². The Bertz CT molecular complexity index is 1980. The van der Waals surface area contributed by atoms with E-state index in [2.05, 4.69) is 125 Å². The van der Waals surface area contributed by atoms with Crippen molar-refractivity contribution >= 4 is 0 Å². The van der Waals surface area contributed by atoms with E-state index in [1.807, 2.05) is 0 Å². The van der Waals surface area contributed by atoms with Crippen LogP contribution in [0.1, 0.15) is 257 Å². The van der Waals surface area contributed by atoms with Crippen LogP contribution >= 0.6 is 0 Å². The molecule has 18 rings (SSSR count). The highest BCUT2D eigenvalue weighted by molar-refractivity contribution is 5.00. The van der Waals surface area contributed by atoms with E-state index in [9.17, 15) is 0 Å². The van der Waals surface area contributed by atoms with Gasteiger partial charge in [0.25, 0.3) is 0 Å². The number of hydrogen-bond donors (Lipinski definition) is 1. The van der Waals surface area contributed by atoms with Crippen molar-refractivity contribution in [1.29, 1.82) is 0 Å². The maximum atomic E-state index is 3.45. The minimum Gasteiger partial charge on any atom is -0.317 e. The van der Waals surface area contributed by atoms with Gasteiger partial charge in [-0.2, -0.15) is 0 Å². The summed E-state index contributed by atoms with van der Waals surface area (Å²) in [5, 5.41) is 3.45. The number of nitrogens with zero attached hydrogens (tertiary/aromatic N) is 10. The molecule has 11 heteroatoms. The number of piperidine rings is 5. The second-order valence-electron chi connectivity index (χ2n) is 37.3. The Labute approximate surface area is 565 Å². The first-order valence-electron chi connectivity index (χ1n) is 40.4. The number of fused-ring (bicyclic) bond motifs is 1. The van der Waals surface area contributed by atoms with Gasteiger partial charge in [0.15, 0.2) is 0 Å². The van der Waals surface area contributed by atoms with Crippen LogP contribution in [0, 0.1) is 43.3 Å². The van der Waals surface area contributed by atoms with Gasteiger partial charge in [0.1, 0.15) is 0 Å². The summed E-state index contributed by atoms with van der Waals surface area (Å²) in [6.07, 6.45) is 58.1. The van der Waals surface area contributed by atoms with Crippen LogP contribution < -0.4 is 5.32 Å². The topological polar surface area (TPSA) is 44.4 Å². The lowest BCUT2D eigenvalue weighted by Gasteiger charge is -2.54. The van der Waals surface area contributed by atoms with E-state index in [1.54, 1.807) is 0 Å². The third-order valence-electron chi connectivity index (χ3n) is 29.5. The molecular formula is C80H153N11. The Morgan fingerprint density at radius 3 is 0.813 bits per heavy atom. The Kier molecular flexibility index (Phi) is 27.1. The van der Waals surface area contributed by atoms with Gasteiger partial charge in [-0.15, -0.1) is 0 Å². The average molecular weight is 1270 g/mol. The van der Waals surface area contributed by atoms with Gasteiger partial charge in [0.2, 0.25) is 0 Å². The van der Waals surface area contributed by atoms with Crippen LogP contribution in [-0.2, 0) is 0 Å². The molecule has 0 amide bonds. The van der Waals surface area contributed by atoms with Crippen molar-refractivity contribution in [2.75, 3.05) is 201 Å². The van der Waals surface area contributed by atoms with Crippen LogP contribution in [0.5, 0.6) is 0 Å². The molecule has 8 spiro atoms. The van der Waals surface area contributed by atoms with Crippen LogP contribution in [-0.4, -0.2) is 262 Å². The third kappa shape index (κ3) is 20.8. The summed E-state index contributed by atoms with van der Waals surface area (Å²) in [5.41, 5.74) is 6.47. The van der Waals surface area contributed by atoms with Gasteiger partial charge in [-0.05, 0) is 379 Å². The number of hydrogen-bond acceptors (Lipinski definition) is 11. The van der Waals surface area contributed by atoms with Crippen molar-refractivity contribution in [3.05, 3.63) is 0 Å². The minimum absolute atomic E-state index is 0.734. The molecule has 11 nitrogen and oxygen atoms in total. The maximum Gasteiger partial charge on any atom is 0.0226 e. The summed E-state index contributed by atoms with van der Waals surface area (Å²) in [7, 11) is 20.2. The first kappa shape index (κ1) is 73.3. The molecule has 1 unspecified atom stereocenters. The van der Waals surface area contributed by atoms with Gasteiger partial charge in [-0.25, -0.2) is 0 Å². The smallest absolute Gasteiger partial charge is 0.0226 e. The highest BCUT2D eigenvalue weighted by Gasteiger charge is 2.47. The number of rotatable bonds is 0. The molecule has 18 aliphatic rings. The molecule has 2 atom stereocenters. The molecule has 0 radical (unpaired) electrons. The van der Waals surface area contributed by atoms with E-state index in [4.69, 9.17) is 0 Å². The predicted octanol–water partition coefficient (Wildman–Crippen LogP) is 14.3. The fourth-order valence-electron chi connectivity index (χ4n) is 22.2. The molecule has 11 heterocycles. The minimum atomic E-state index is 0.734. The number of nitrogens with one attached hydrogen (secondary N) is 1. The summed E-state index contributed by atoms with van der Waals surface area (Å²) >= 11 is 0. The van der Waals surface area contributed by atoms with Gasteiger partial charge in [0.05, 0.1) is 0 Å². The van der Waals surface area contributed by atoms with Crippen molar-refractivity contribution in [3.8, 4) is 0 Å². The molecule has 0 bridgehead atoms. The van der Waals surface area contributed by atoms with Gasteiger partial charge in [-0.3, -0.25) is 4.90 Å². The second kappa shape index (κ2) is 33.6. The molecule has 7 aliphatic carbocycles. The molecule has 0 aromatic rings. The maximum absolute atomic E-state index is 3.45. The van der Waals surface area contributed by atoms with Crippen LogP contribution in [0.3, 0.4) is 0 Å². The summed E-state index contributed by atoms with van der Waals surface area (Å²) in [6.45, 7) is 30.5. The Hall–Kier alpha value is -0.440. The van der Waals surface area contributed by atoms with Crippen LogP contribution in [0.15, 0.2) is 0 Å². The van der Waals surface area contributed by atoms with Crippen molar-refractivity contribution in [2.45, 2.75) is 269 Å². The second-order valence-corrected chi connectivity index (χ2v) is 37.3. The zero-order valence-corrected chi connectivity index (χ0v) is 62.6. The Balaban J connectivity index is 0.000000113. The first-order valence-corrected chi connectivity index (χ1v) is 40.4. The lowest BCUT2D eigenvalue weighted by atomic mass is 9.63. The Morgan fingerprint density at radius 2 is 0.505 bits per heavy atom. The molecule has 528 valence electrons. The van der Waals surface area contributed by atoms with Crippen molar-refractivity contribution in [1.82, 2.24) is 54.3 Å². The quantitative estimate of drug-likeness (QED) is 0.252. The third-order valence-corrected chi connectivity index (χ3v) is 29.5. The normalized spacial score (nSPS) is 33.2. The molecule has 18 fully saturated rings. The molecule has 0 aromatic carbocycles. The van der Waals surface area contributed by atoms with Gasteiger partial charge in [0, 0.05) is 64.4 Å². The van der Waals surface area contributed by atoms with Crippen LogP contribution in [0.25, 0.3) is 0 Å². The van der Waals surface area contributed by atoms with E-state index < -0.39 is 0 Å². The molecular weight excluding hydrogens is 1110 g/mol. The number of likely N-dealkylation sites (N-methyl/N-ethyl adjacent to an activating group) is 1. The molecule has 1 N–H and O–H groups in total. The van der Waals surface area contributed by atoms with Crippen molar-refractivity contribution < 1.29 is 0 Å². The molecule has 7 saturated carbocycles. The van der Waals surface area contributed by atoms with Crippen LogP contribution in [0.2, 0.25) is 0 Å². The summed E-state index contributed by atoms with van der Waals surface area (Å²) in [6, 6.07) is 1.67. The summed E-state index contributed by atoms with van der Waals surface area (Å²) in [5.74, 6) is 0. The van der Waals surface area contributed by atoms with Gasteiger partial charge >= 0.3 is 0 Å². The highest BCUT2D eigenvalue weighted by atomic mass is 15.3. The molecule has 11 saturated heterocycles. The zero-order valence-electron chi connectivity index (χ0n) is 62.6. The van der Waals surface area contributed by atoms with Gasteiger partial charge < -0.3 is 49.4 Å². The van der Waals surface area contributed by atoms with E-state index in [0.717, 1.165) is 55.4 Å². The average Bonchev–Trinajstić information content (AvgIpc) is 1.81. The monoisotopic (exact) mass is 1270 g/mol. The fourth-order valence-corrected chi connectivity index (χ4v) is 22.2. The summed E-state index contributed by atoms with van der Waals surface area (Å²) in [4.78, 5) is 24.8. The molecule has 91 heavy (non-hydrogen) atoms. The zero-order chi connectivity index (χ0) is 64.1. The molecule has 0 aromatic heterocycles. The lowest BCUT2D eigenvalue weighted by Crippen LogP contribution is -2.57. The number of likely N-dealkylation sites (tertiary alicyclic amines) is 8. The summed E-state index contributed by atoms with van der Waals surface area (Å²) < 4.78 is 0. The van der Waals surface area contributed by atoms with E-state index >= 15 is 0 Å². The largest absolute Gasteiger partial charge is 0.317 e. The van der Waals surface area contributed by atoms with Crippen molar-refractivity contribution in [2.24, 2.45) is 43.3 Å². The lowest BCUT2D eigenvalue weighted by molar-refractivity contribution is -0.0436. The molecule has 11 aliphatic heterocycles. The standard InChI is InChI=1S/C10H20N2.2C10H19N.C9H18N2.2C9H17N.2C8H15N.C7H13N/c1-12-8-4-10(5-9-12)2-6-11-7-3-10;1-11-8-6-10(7-9-11)4-2-3-5-10;1-11-8-7-10(9-11)5-3-2-4-6-10;1-8-6-10(2)7-9-4-3-5-11(8)9;2*1-10-7-5-9(6-8-10)3-2-4-9;1-9-6-5-8(7-9)3-2-4-8;1-9-6-8(7-9)4-2-3-5-8;1-8-5-7(6-8)3-2-4-7/h11H,2-9H2,1H3;2*2-9H2,1H3;8-9H,3-7H2,1-2H3;2*2-8H2,1H3;2*2-7H2,1H3;2-6H2,1H3/t;;;8-,9?;;;;;/m...1...../s1. The van der Waals surface area contributed by atoms with Gasteiger partial charge in [-0.1, -0.05) is 70.6 Å².